The zero-order valence-corrected chi connectivity index (χ0v) is 13.7. The maximum Gasteiger partial charge on any atom is 0.209 e. The molecule has 1 aliphatic rings. The highest BCUT2D eigenvalue weighted by Crippen LogP contribution is 2.29. The third-order valence-corrected chi connectivity index (χ3v) is 4.80. The molecule has 1 saturated heterocycles. The Bertz CT molecular complexity index is 861. The van der Waals surface area contributed by atoms with E-state index >= 15 is 0 Å². The Hall–Kier alpha value is -2.82. The summed E-state index contributed by atoms with van der Waals surface area (Å²) in [4.78, 5) is 15.0. The van der Waals surface area contributed by atoms with Gasteiger partial charge < -0.3 is 9.80 Å². The zero-order chi connectivity index (χ0) is 16.5. The van der Waals surface area contributed by atoms with Gasteiger partial charge in [-0.15, -0.1) is 0 Å². The number of carbonyl (C=O) groups excluding carboxylic acids is 1. The van der Waals surface area contributed by atoms with Gasteiger partial charge in [0.25, 0.3) is 0 Å². The second kappa shape index (κ2) is 6.00. The van der Waals surface area contributed by atoms with Gasteiger partial charge >= 0.3 is 0 Å². The van der Waals surface area contributed by atoms with Crippen LogP contribution in [0.1, 0.15) is 0 Å². The number of fused-ring (bicyclic) bond motifs is 1. The van der Waals surface area contributed by atoms with E-state index in [9.17, 15) is 4.79 Å². The fourth-order valence-corrected chi connectivity index (χ4v) is 3.37. The normalized spacial score (nSPS) is 15.0. The molecule has 1 fully saturated rings. The van der Waals surface area contributed by atoms with Gasteiger partial charge in [0.15, 0.2) is 0 Å². The third-order valence-electron chi connectivity index (χ3n) is 4.80. The largest absolute Gasteiger partial charge is 0.368 e. The Kier molecular flexibility index (Phi) is 3.69. The van der Waals surface area contributed by atoms with Crippen molar-refractivity contribution >= 4 is 23.0 Å². The summed E-state index contributed by atoms with van der Waals surface area (Å²) in [5.74, 6) is 0. The molecule has 0 bridgehead atoms. The molecular formula is C19H20N4O. The molecule has 122 valence electrons. The third kappa shape index (κ3) is 2.52. The van der Waals surface area contributed by atoms with Gasteiger partial charge in [0.2, 0.25) is 6.41 Å². The first-order chi connectivity index (χ1) is 11.8. The van der Waals surface area contributed by atoms with Gasteiger partial charge in [0, 0.05) is 44.3 Å². The van der Waals surface area contributed by atoms with Crippen molar-refractivity contribution in [2.45, 2.75) is 0 Å². The summed E-state index contributed by atoms with van der Waals surface area (Å²) in [5, 5.41) is 5.54. The highest BCUT2D eigenvalue weighted by Gasteiger charge is 2.16. The number of nitrogens with zero attached hydrogens (tertiary/aromatic N) is 4. The molecule has 0 atom stereocenters. The summed E-state index contributed by atoms with van der Waals surface area (Å²) < 4.78 is 1.90. The standard InChI is InChI=1S/C19H20N4O/c1-21-19-4-2-3-17(18(19)13-20-21)15-5-7-16(8-6-15)23-11-9-22(14-24)10-12-23/h2-8,13-14H,9-12H2,1H3. The first-order valence-corrected chi connectivity index (χ1v) is 8.22. The Morgan fingerprint density at radius 3 is 2.46 bits per heavy atom. The Morgan fingerprint density at radius 1 is 1.00 bits per heavy atom. The molecule has 0 aliphatic carbocycles. The monoisotopic (exact) mass is 320 g/mol. The van der Waals surface area contributed by atoms with Crippen molar-refractivity contribution in [1.29, 1.82) is 0 Å². The van der Waals surface area contributed by atoms with E-state index in [1.807, 2.05) is 22.8 Å². The summed E-state index contributed by atoms with van der Waals surface area (Å²) >= 11 is 0. The highest BCUT2D eigenvalue weighted by atomic mass is 16.1. The first-order valence-electron chi connectivity index (χ1n) is 8.22. The number of rotatable bonds is 3. The lowest BCUT2D eigenvalue weighted by Gasteiger charge is -2.34. The molecule has 0 spiro atoms. The average Bonchev–Trinajstić information content (AvgIpc) is 3.03. The second-order valence-corrected chi connectivity index (χ2v) is 6.18. The number of aryl methyl sites for hydroxylation is 1. The van der Waals surface area contributed by atoms with Crippen LogP contribution in [0.25, 0.3) is 22.0 Å². The van der Waals surface area contributed by atoms with E-state index in [0.717, 1.165) is 38.1 Å². The number of hydrogen-bond donors (Lipinski definition) is 0. The van der Waals surface area contributed by atoms with E-state index in [0.29, 0.717) is 0 Å². The minimum Gasteiger partial charge on any atom is -0.368 e. The van der Waals surface area contributed by atoms with Crippen LogP contribution in [-0.4, -0.2) is 47.3 Å². The fraction of sp³-hybridized carbons (Fsp3) is 0.263. The van der Waals surface area contributed by atoms with Crippen LogP contribution >= 0.6 is 0 Å². The molecular weight excluding hydrogens is 300 g/mol. The van der Waals surface area contributed by atoms with Crippen LogP contribution in [-0.2, 0) is 11.8 Å². The van der Waals surface area contributed by atoms with Gasteiger partial charge in [-0.2, -0.15) is 5.10 Å². The first kappa shape index (κ1) is 14.8. The molecule has 1 aliphatic heterocycles. The minimum absolute atomic E-state index is 0.792. The van der Waals surface area contributed by atoms with Crippen molar-refractivity contribution in [3.63, 3.8) is 0 Å². The van der Waals surface area contributed by atoms with Gasteiger partial charge in [0.05, 0.1) is 11.7 Å². The van der Waals surface area contributed by atoms with Gasteiger partial charge in [-0.3, -0.25) is 9.48 Å². The van der Waals surface area contributed by atoms with E-state index in [2.05, 4.69) is 52.5 Å². The summed E-state index contributed by atoms with van der Waals surface area (Å²) in [5.41, 5.74) is 4.76. The Balaban J connectivity index is 1.61. The van der Waals surface area contributed by atoms with Crippen molar-refractivity contribution in [2.75, 3.05) is 31.1 Å². The maximum atomic E-state index is 10.8. The van der Waals surface area contributed by atoms with E-state index in [-0.39, 0.29) is 0 Å². The number of benzene rings is 2. The molecule has 5 nitrogen and oxygen atoms in total. The molecule has 1 aromatic heterocycles. The summed E-state index contributed by atoms with van der Waals surface area (Å²) in [7, 11) is 1.97. The van der Waals surface area contributed by atoms with Crippen molar-refractivity contribution in [2.24, 2.45) is 7.05 Å². The van der Waals surface area contributed by atoms with E-state index in [4.69, 9.17) is 0 Å². The van der Waals surface area contributed by atoms with Crippen molar-refractivity contribution in [1.82, 2.24) is 14.7 Å². The lowest BCUT2D eigenvalue weighted by molar-refractivity contribution is -0.118. The molecule has 0 unspecified atom stereocenters. The predicted molar refractivity (Wildman–Crippen MR) is 96.0 cm³/mol. The highest BCUT2D eigenvalue weighted by molar-refractivity contribution is 5.94. The van der Waals surface area contributed by atoms with Crippen molar-refractivity contribution in [3.8, 4) is 11.1 Å². The van der Waals surface area contributed by atoms with Crippen LogP contribution in [0.5, 0.6) is 0 Å². The zero-order valence-electron chi connectivity index (χ0n) is 13.7. The minimum atomic E-state index is 0.792. The molecule has 24 heavy (non-hydrogen) atoms. The van der Waals surface area contributed by atoms with Crippen LogP contribution in [0.15, 0.2) is 48.7 Å². The lowest BCUT2D eigenvalue weighted by Crippen LogP contribution is -2.45. The quantitative estimate of drug-likeness (QED) is 0.696. The van der Waals surface area contributed by atoms with Crippen LogP contribution in [0.4, 0.5) is 5.69 Å². The van der Waals surface area contributed by atoms with Crippen LogP contribution in [0, 0.1) is 0 Å². The molecule has 2 aromatic carbocycles. The Morgan fingerprint density at radius 2 is 1.75 bits per heavy atom. The van der Waals surface area contributed by atoms with E-state index < -0.39 is 0 Å². The van der Waals surface area contributed by atoms with Gasteiger partial charge in [0.1, 0.15) is 0 Å². The van der Waals surface area contributed by atoms with Gasteiger partial charge in [-0.05, 0) is 29.3 Å². The molecule has 4 rings (SSSR count). The number of aromatic nitrogens is 2. The van der Waals surface area contributed by atoms with E-state index in [1.165, 1.54) is 22.2 Å². The summed E-state index contributed by atoms with van der Waals surface area (Å²) in [6.45, 7) is 3.35. The molecule has 2 heterocycles. The van der Waals surface area contributed by atoms with Crippen LogP contribution in [0.2, 0.25) is 0 Å². The fourth-order valence-electron chi connectivity index (χ4n) is 3.37. The second-order valence-electron chi connectivity index (χ2n) is 6.18. The molecule has 5 heteroatoms. The SMILES string of the molecule is Cn1ncc2c(-c3ccc(N4CCN(C=O)CC4)cc3)cccc21. The van der Waals surface area contributed by atoms with Crippen LogP contribution in [0.3, 0.4) is 0 Å². The number of hydrogen-bond acceptors (Lipinski definition) is 3. The van der Waals surface area contributed by atoms with Gasteiger partial charge in [-0.25, -0.2) is 0 Å². The molecule has 0 N–H and O–H groups in total. The van der Waals surface area contributed by atoms with Crippen molar-refractivity contribution < 1.29 is 4.79 Å². The van der Waals surface area contributed by atoms with Crippen molar-refractivity contribution in [3.05, 3.63) is 48.7 Å². The molecule has 0 saturated carbocycles. The van der Waals surface area contributed by atoms with E-state index in [1.54, 1.807) is 0 Å². The lowest BCUT2D eigenvalue weighted by atomic mass is 10.0. The topological polar surface area (TPSA) is 41.4 Å². The van der Waals surface area contributed by atoms with Crippen LogP contribution < -0.4 is 4.90 Å². The smallest absolute Gasteiger partial charge is 0.209 e. The number of piperazine rings is 1. The predicted octanol–water partition coefficient (Wildman–Crippen LogP) is 2.52. The number of carbonyl (C=O) groups is 1. The molecule has 1 amide bonds. The number of amides is 1. The summed E-state index contributed by atoms with van der Waals surface area (Å²) in [6.07, 6.45) is 2.87. The maximum absolute atomic E-state index is 10.8. The van der Waals surface area contributed by atoms with Gasteiger partial charge in [-0.1, -0.05) is 24.3 Å². The Labute approximate surface area is 141 Å². The number of anilines is 1. The average molecular weight is 320 g/mol. The molecule has 3 aromatic rings. The molecule has 0 radical (unpaired) electrons. The summed E-state index contributed by atoms with van der Waals surface area (Å²) in [6, 6.07) is 15.0.